The Kier molecular flexibility index (Phi) is 4.04. The van der Waals surface area contributed by atoms with Gasteiger partial charge >= 0.3 is 5.97 Å². The molecule has 18 heavy (non-hydrogen) atoms. The average Bonchev–Trinajstić information content (AvgIpc) is 2.64. The van der Waals surface area contributed by atoms with Crippen LogP contribution in [0, 0.1) is 0 Å². The van der Waals surface area contributed by atoms with Gasteiger partial charge in [0, 0.05) is 13.0 Å². The topological polar surface area (TPSA) is 70.8 Å². The summed E-state index contributed by atoms with van der Waals surface area (Å²) in [6, 6.07) is 5.43. The van der Waals surface area contributed by atoms with E-state index in [9.17, 15) is 4.79 Å². The number of carbonyl (C=O) groups excluding carboxylic acids is 1. The van der Waals surface area contributed by atoms with Crippen LogP contribution in [0.25, 0.3) is 0 Å². The van der Waals surface area contributed by atoms with Crippen LogP contribution in [0.15, 0.2) is 18.2 Å². The molecule has 1 aliphatic rings. The summed E-state index contributed by atoms with van der Waals surface area (Å²) in [5, 5.41) is 0. The molecule has 0 fully saturated rings. The van der Waals surface area contributed by atoms with Crippen molar-refractivity contribution in [3.63, 3.8) is 0 Å². The zero-order valence-electron chi connectivity index (χ0n) is 10.3. The monoisotopic (exact) mass is 251 g/mol. The first-order chi connectivity index (χ1) is 8.76. The molecule has 0 spiro atoms. The highest BCUT2D eigenvalue weighted by Crippen LogP contribution is 2.32. The molecule has 1 atom stereocenters. The lowest BCUT2D eigenvalue weighted by atomic mass is 9.99. The third kappa shape index (κ3) is 2.56. The van der Waals surface area contributed by atoms with Gasteiger partial charge in [-0.3, -0.25) is 4.79 Å². The van der Waals surface area contributed by atoms with Crippen LogP contribution in [0.1, 0.15) is 17.9 Å². The molecule has 5 nitrogen and oxygen atoms in total. The van der Waals surface area contributed by atoms with Crippen LogP contribution in [-0.4, -0.2) is 32.8 Å². The van der Waals surface area contributed by atoms with Crippen LogP contribution in [0.5, 0.6) is 11.5 Å². The summed E-state index contributed by atoms with van der Waals surface area (Å²) >= 11 is 0. The summed E-state index contributed by atoms with van der Waals surface area (Å²) in [6.45, 7) is 1.46. The van der Waals surface area contributed by atoms with E-state index in [4.69, 9.17) is 19.9 Å². The Hall–Kier alpha value is -1.75. The van der Waals surface area contributed by atoms with Crippen molar-refractivity contribution in [3.8, 4) is 11.5 Å². The predicted molar refractivity (Wildman–Crippen MR) is 65.9 cm³/mol. The molecule has 1 aromatic rings. The maximum absolute atomic E-state index is 11.6. The van der Waals surface area contributed by atoms with Crippen molar-refractivity contribution in [2.75, 3.05) is 26.9 Å². The van der Waals surface area contributed by atoms with Crippen molar-refractivity contribution in [3.05, 3.63) is 23.8 Å². The number of hydrogen-bond acceptors (Lipinski definition) is 5. The third-order valence-corrected chi connectivity index (χ3v) is 2.90. The molecule has 1 aliphatic heterocycles. The number of rotatable bonds is 3. The molecular formula is C13H17NO4. The summed E-state index contributed by atoms with van der Waals surface area (Å²) in [5.74, 6) is 0.559. The number of benzene rings is 1. The van der Waals surface area contributed by atoms with E-state index in [-0.39, 0.29) is 12.5 Å². The van der Waals surface area contributed by atoms with E-state index in [0.29, 0.717) is 24.7 Å². The molecule has 0 saturated carbocycles. The second kappa shape index (κ2) is 5.73. The van der Waals surface area contributed by atoms with Crippen molar-refractivity contribution < 1.29 is 19.0 Å². The lowest BCUT2D eigenvalue weighted by Gasteiger charge is -2.15. The Morgan fingerprint density at radius 2 is 2.11 bits per heavy atom. The number of methoxy groups -OCH3 is 1. The van der Waals surface area contributed by atoms with Gasteiger partial charge in [-0.1, -0.05) is 6.07 Å². The van der Waals surface area contributed by atoms with Crippen LogP contribution >= 0.6 is 0 Å². The zero-order valence-corrected chi connectivity index (χ0v) is 10.3. The predicted octanol–water partition coefficient (Wildman–Crippen LogP) is 1.06. The van der Waals surface area contributed by atoms with Gasteiger partial charge in [-0.15, -0.1) is 0 Å². The molecule has 98 valence electrons. The van der Waals surface area contributed by atoms with Crippen molar-refractivity contribution in [1.29, 1.82) is 0 Å². The van der Waals surface area contributed by atoms with Crippen molar-refractivity contribution >= 4 is 5.97 Å². The number of esters is 1. The van der Waals surface area contributed by atoms with Crippen LogP contribution in [-0.2, 0) is 9.53 Å². The van der Waals surface area contributed by atoms with E-state index < -0.39 is 5.92 Å². The van der Waals surface area contributed by atoms with Gasteiger partial charge in [0.1, 0.15) is 0 Å². The Balaban J connectivity index is 2.29. The highest BCUT2D eigenvalue weighted by Gasteiger charge is 2.22. The van der Waals surface area contributed by atoms with Gasteiger partial charge in [0.15, 0.2) is 11.5 Å². The zero-order chi connectivity index (χ0) is 13.0. The molecule has 1 unspecified atom stereocenters. The van der Waals surface area contributed by atoms with Crippen molar-refractivity contribution in [1.82, 2.24) is 0 Å². The van der Waals surface area contributed by atoms with Gasteiger partial charge in [0.2, 0.25) is 0 Å². The minimum atomic E-state index is -0.466. The summed E-state index contributed by atoms with van der Waals surface area (Å²) < 4.78 is 15.8. The van der Waals surface area contributed by atoms with Gasteiger partial charge in [-0.2, -0.15) is 0 Å². The molecule has 0 aliphatic carbocycles. The normalized spacial score (nSPS) is 15.7. The van der Waals surface area contributed by atoms with Crippen LogP contribution < -0.4 is 15.2 Å². The molecule has 2 rings (SSSR count). The summed E-state index contributed by atoms with van der Waals surface area (Å²) in [6.07, 6.45) is 0.849. The average molecular weight is 251 g/mol. The van der Waals surface area contributed by atoms with Crippen LogP contribution in [0.3, 0.4) is 0 Å². The van der Waals surface area contributed by atoms with Gasteiger partial charge in [0.25, 0.3) is 0 Å². The minimum Gasteiger partial charge on any atom is -0.490 e. The summed E-state index contributed by atoms with van der Waals surface area (Å²) in [4.78, 5) is 11.6. The molecule has 5 heteroatoms. The number of ether oxygens (including phenoxy) is 3. The maximum Gasteiger partial charge on any atom is 0.314 e. The van der Waals surface area contributed by atoms with Gasteiger partial charge in [0.05, 0.1) is 26.2 Å². The molecular weight excluding hydrogens is 234 g/mol. The van der Waals surface area contributed by atoms with E-state index in [1.165, 1.54) is 7.11 Å². The van der Waals surface area contributed by atoms with Gasteiger partial charge < -0.3 is 19.9 Å². The molecule has 0 radical (unpaired) electrons. The Bertz CT molecular complexity index is 433. The molecule has 0 amide bonds. The molecule has 1 aromatic carbocycles. The first-order valence-corrected chi connectivity index (χ1v) is 5.93. The lowest BCUT2D eigenvalue weighted by molar-refractivity contribution is -0.142. The second-order valence-corrected chi connectivity index (χ2v) is 4.07. The van der Waals surface area contributed by atoms with E-state index in [2.05, 4.69) is 0 Å². The number of fused-ring (bicyclic) bond motifs is 1. The minimum absolute atomic E-state index is 0.201. The Morgan fingerprint density at radius 3 is 2.78 bits per heavy atom. The molecule has 0 saturated heterocycles. The fraction of sp³-hybridized carbons (Fsp3) is 0.462. The number of nitrogens with two attached hydrogens (primary N) is 1. The Labute approximate surface area is 106 Å². The highest BCUT2D eigenvalue weighted by molar-refractivity contribution is 5.78. The lowest BCUT2D eigenvalue weighted by Crippen LogP contribution is -2.22. The standard InChI is InChI=1S/C13H17NO4/c1-16-13(15)10(8-14)9-3-4-11-12(7-9)18-6-2-5-17-11/h3-4,7,10H,2,5-6,8,14H2,1H3. The largest absolute Gasteiger partial charge is 0.490 e. The van der Waals surface area contributed by atoms with E-state index in [0.717, 1.165) is 12.0 Å². The SMILES string of the molecule is COC(=O)C(CN)c1ccc2c(c1)OCCCO2. The van der Waals surface area contributed by atoms with Crippen molar-refractivity contribution in [2.45, 2.75) is 12.3 Å². The van der Waals surface area contributed by atoms with E-state index in [1.54, 1.807) is 6.07 Å². The number of hydrogen-bond donors (Lipinski definition) is 1. The summed E-state index contributed by atoms with van der Waals surface area (Å²) in [7, 11) is 1.36. The van der Waals surface area contributed by atoms with E-state index in [1.807, 2.05) is 12.1 Å². The van der Waals surface area contributed by atoms with Crippen LogP contribution in [0.4, 0.5) is 0 Å². The highest BCUT2D eigenvalue weighted by atomic mass is 16.5. The first-order valence-electron chi connectivity index (χ1n) is 5.93. The third-order valence-electron chi connectivity index (χ3n) is 2.90. The molecule has 1 heterocycles. The second-order valence-electron chi connectivity index (χ2n) is 4.07. The Morgan fingerprint density at radius 1 is 1.39 bits per heavy atom. The van der Waals surface area contributed by atoms with Gasteiger partial charge in [-0.25, -0.2) is 0 Å². The maximum atomic E-state index is 11.6. The molecule has 2 N–H and O–H groups in total. The number of carbonyl (C=O) groups is 1. The summed E-state index contributed by atoms with van der Waals surface area (Å²) in [5.41, 5.74) is 6.40. The van der Waals surface area contributed by atoms with E-state index >= 15 is 0 Å². The van der Waals surface area contributed by atoms with Crippen LogP contribution in [0.2, 0.25) is 0 Å². The first kappa shape index (κ1) is 12.7. The van der Waals surface area contributed by atoms with Gasteiger partial charge in [-0.05, 0) is 17.7 Å². The fourth-order valence-corrected chi connectivity index (χ4v) is 1.91. The molecule has 0 bridgehead atoms. The smallest absolute Gasteiger partial charge is 0.314 e. The molecule has 0 aromatic heterocycles. The fourth-order valence-electron chi connectivity index (χ4n) is 1.91. The van der Waals surface area contributed by atoms with Crippen molar-refractivity contribution in [2.24, 2.45) is 5.73 Å². The quantitative estimate of drug-likeness (QED) is 0.813.